The van der Waals surface area contributed by atoms with E-state index in [2.05, 4.69) is 22.1 Å². The van der Waals surface area contributed by atoms with Crippen LogP contribution in [0.3, 0.4) is 0 Å². The predicted octanol–water partition coefficient (Wildman–Crippen LogP) is 3.27. The summed E-state index contributed by atoms with van der Waals surface area (Å²) in [6.07, 6.45) is 9.49. The first-order valence-electron chi connectivity index (χ1n) is 11.5. The molecule has 0 saturated carbocycles. The van der Waals surface area contributed by atoms with Crippen LogP contribution in [-0.2, 0) is 25.7 Å². The fourth-order valence-electron chi connectivity index (χ4n) is 5.60. The zero-order chi connectivity index (χ0) is 21.1. The second kappa shape index (κ2) is 7.29. The lowest BCUT2D eigenvalue weighted by Gasteiger charge is -2.32. The Morgan fingerprint density at radius 2 is 2.00 bits per heavy atom. The Hall–Kier alpha value is -2.48. The molecule has 0 radical (unpaired) electrons. The van der Waals surface area contributed by atoms with Gasteiger partial charge in [-0.3, -0.25) is 19.3 Å². The third-order valence-electron chi connectivity index (χ3n) is 7.39. The Labute approximate surface area is 184 Å². The topological polar surface area (TPSA) is 83.9 Å². The lowest BCUT2D eigenvalue weighted by atomic mass is 9.89. The van der Waals surface area contributed by atoms with Crippen molar-refractivity contribution >= 4 is 27.5 Å². The maximum absolute atomic E-state index is 13.4. The minimum atomic E-state index is 0.0276. The monoisotopic (exact) mass is 437 g/mol. The maximum Gasteiger partial charge on any atom is 0.274 e. The van der Waals surface area contributed by atoms with Crippen molar-refractivity contribution in [3.8, 4) is 0 Å². The number of rotatable bonds is 2. The van der Waals surface area contributed by atoms with Crippen LogP contribution in [0.5, 0.6) is 0 Å². The number of hydrogen-bond acceptors (Lipinski definition) is 5. The molecule has 7 nitrogen and oxygen atoms in total. The summed E-state index contributed by atoms with van der Waals surface area (Å²) in [5, 5.41) is 8.19. The van der Waals surface area contributed by atoms with Gasteiger partial charge in [-0.05, 0) is 62.8 Å². The molecule has 1 amide bonds. The number of aromatic amines is 1. The van der Waals surface area contributed by atoms with Gasteiger partial charge >= 0.3 is 0 Å². The highest BCUT2D eigenvalue weighted by molar-refractivity contribution is 7.18. The molecular weight excluding hydrogens is 410 g/mol. The summed E-state index contributed by atoms with van der Waals surface area (Å²) < 4.78 is 1.83. The first-order chi connectivity index (χ1) is 15.1. The standard InChI is InChI=1S/C23H27N5O2S/c1-13-5-6-16-18(11-13)31-21-19(16)22(29)28(12-24-21)14-7-9-27(10-8-14)23(30)20-15-3-2-4-17(15)25-26-20/h12-14H,2-11H2,1H3,(H,25,26)/t13-/m1/s1. The fourth-order valence-corrected chi connectivity index (χ4v) is 6.94. The molecule has 1 saturated heterocycles. The number of thiophene rings is 1. The molecule has 6 rings (SSSR count). The van der Waals surface area contributed by atoms with Gasteiger partial charge in [0, 0.05) is 35.3 Å². The Kier molecular flexibility index (Phi) is 4.52. The molecule has 1 atom stereocenters. The molecular formula is C23H27N5O2S. The Balaban J connectivity index is 1.23. The fraction of sp³-hybridized carbons (Fsp3) is 0.565. The maximum atomic E-state index is 13.4. The zero-order valence-electron chi connectivity index (χ0n) is 17.8. The number of H-pyrrole nitrogens is 1. The number of hydrogen-bond donors (Lipinski definition) is 1. The molecule has 162 valence electrons. The average molecular weight is 438 g/mol. The molecule has 4 heterocycles. The van der Waals surface area contributed by atoms with Crippen molar-refractivity contribution in [2.45, 2.75) is 64.3 Å². The number of aryl methyl sites for hydroxylation is 2. The molecule has 1 N–H and O–H groups in total. The van der Waals surface area contributed by atoms with E-state index in [9.17, 15) is 9.59 Å². The summed E-state index contributed by atoms with van der Waals surface area (Å²) in [6.45, 7) is 3.58. The molecule has 3 aromatic rings. The second-order valence-corrected chi connectivity index (χ2v) is 10.5. The predicted molar refractivity (Wildman–Crippen MR) is 120 cm³/mol. The van der Waals surface area contributed by atoms with Gasteiger partial charge in [0.05, 0.1) is 11.7 Å². The number of fused-ring (bicyclic) bond motifs is 4. The van der Waals surface area contributed by atoms with E-state index in [1.54, 1.807) is 17.7 Å². The van der Waals surface area contributed by atoms with Crippen molar-refractivity contribution in [2.24, 2.45) is 5.92 Å². The number of carbonyl (C=O) groups excluding carboxylic acids is 1. The van der Waals surface area contributed by atoms with E-state index in [-0.39, 0.29) is 17.5 Å². The first kappa shape index (κ1) is 19.2. The highest BCUT2D eigenvalue weighted by Crippen LogP contribution is 2.36. The molecule has 0 unspecified atom stereocenters. The van der Waals surface area contributed by atoms with Crippen LogP contribution in [0.15, 0.2) is 11.1 Å². The first-order valence-corrected chi connectivity index (χ1v) is 12.3. The summed E-state index contributed by atoms with van der Waals surface area (Å²) in [5.74, 6) is 0.709. The van der Waals surface area contributed by atoms with Crippen LogP contribution in [0.1, 0.15) is 70.8 Å². The minimum Gasteiger partial charge on any atom is -0.337 e. The largest absolute Gasteiger partial charge is 0.337 e. The van der Waals surface area contributed by atoms with E-state index in [0.717, 1.165) is 72.8 Å². The summed E-state index contributed by atoms with van der Waals surface area (Å²) in [7, 11) is 0. The van der Waals surface area contributed by atoms with Crippen molar-refractivity contribution in [2.75, 3.05) is 13.1 Å². The zero-order valence-corrected chi connectivity index (χ0v) is 18.6. The highest BCUT2D eigenvalue weighted by Gasteiger charge is 2.31. The molecule has 0 bridgehead atoms. The third kappa shape index (κ3) is 3.06. The highest BCUT2D eigenvalue weighted by atomic mass is 32.1. The van der Waals surface area contributed by atoms with E-state index in [1.807, 2.05) is 9.47 Å². The number of piperidine rings is 1. The SMILES string of the molecule is C[C@@H]1CCc2c(sc3ncn(C4CCN(C(=O)c5n[nH]c6c5CCC6)CC4)c(=O)c23)C1. The number of nitrogens with zero attached hydrogens (tertiary/aromatic N) is 4. The smallest absolute Gasteiger partial charge is 0.274 e. The Morgan fingerprint density at radius 3 is 2.84 bits per heavy atom. The Morgan fingerprint density at radius 1 is 1.16 bits per heavy atom. The number of amides is 1. The average Bonchev–Trinajstić information content (AvgIpc) is 3.47. The van der Waals surface area contributed by atoms with Gasteiger partial charge in [-0.2, -0.15) is 5.10 Å². The van der Waals surface area contributed by atoms with Gasteiger partial charge in [-0.25, -0.2) is 4.98 Å². The molecule has 2 aliphatic carbocycles. The molecule has 1 fully saturated rings. The molecule has 1 aliphatic heterocycles. The van der Waals surface area contributed by atoms with Crippen LogP contribution in [0, 0.1) is 5.92 Å². The van der Waals surface area contributed by atoms with E-state index < -0.39 is 0 Å². The van der Waals surface area contributed by atoms with Crippen molar-refractivity contribution in [3.63, 3.8) is 0 Å². The normalized spacial score (nSPS) is 21.5. The number of carbonyl (C=O) groups is 1. The van der Waals surface area contributed by atoms with Gasteiger partial charge in [-0.15, -0.1) is 11.3 Å². The summed E-state index contributed by atoms with van der Waals surface area (Å²) in [6, 6.07) is 0.0939. The molecule has 0 aromatic carbocycles. The quantitative estimate of drug-likeness (QED) is 0.667. The number of likely N-dealkylation sites (tertiary alicyclic amines) is 1. The number of nitrogens with one attached hydrogen (secondary N) is 1. The van der Waals surface area contributed by atoms with Crippen molar-refractivity contribution in [3.05, 3.63) is 44.1 Å². The molecule has 3 aliphatic rings. The van der Waals surface area contributed by atoms with E-state index in [1.165, 1.54) is 10.4 Å². The molecule has 0 spiro atoms. The van der Waals surface area contributed by atoms with E-state index in [0.29, 0.717) is 24.7 Å². The van der Waals surface area contributed by atoms with Crippen molar-refractivity contribution in [1.29, 1.82) is 0 Å². The van der Waals surface area contributed by atoms with E-state index in [4.69, 9.17) is 0 Å². The van der Waals surface area contributed by atoms with Gasteiger partial charge in [-0.1, -0.05) is 6.92 Å². The molecule has 3 aromatic heterocycles. The summed E-state index contributed by atoms with van der Waals surface area (Å²) >= 11 is 1.70. The summed E-state index contributed by atoms with van der Waals surface area (Å²) in [4.78, 5) is 35.2. The van der Waals surface area contributed by atoms with Gasteiger partial charge in [0.2, 0.25) is 0 Å². The van der Waals surface area contributed by atoms with E-state index >= 15 is 0 Å². The second-order valence-electron chi connectivity index (χ2n) is 9.40. The lowest BCUT2D eigenvalue weighted by Crippen LogP contribution is -2.41. The van der Waals surface area contributed by atoms with Crippen LogP contribution in [-0.4, -0.2) is 43.6 Å². The number of aromatic nitrogens is 4. The van der Waals surface area contributed by atoms with Crippen LogP contribution < -0.4 is 5.56 Å². The van der Waals surface area contributed by atoms with Crippen molar-refractivity contribution < 1.29 is 4.79 Å². The lowest BCUT2D eigenvalue weighted by molar-refractivity contribution is 0.0686. The Bertz CT molecular complexity index is 1230. The van der Waals surface area contributed by atoms with Crippen LogP contribution in [0.4, 0.5) is 0 Å². The van der Waals surface area contributed by atoms with Crippen LogP contribution in [0.25, 0.3) is 10.2 Å². The van der Waals surface area contributed by atoms with Crippen molar-refractivity contribution in [1.82, 2.24) is 24.6 Å². The van der Waals surface area contributed by atoms with Gasteiger partial charge in [0.1, 0.15) is 4.83 Å². The van der Waals surface area contributed by atoms with Gasteiger partial charge in [0.15, 0.2) is 5.69 Å². The summed E-state index contributed by atoms with van der Waals surface area (Å²) in [5.41, 5.74) is 4.18. The van der Waals surface area contributed by atoms with Gasteiger partial charge < -0.3 is 4.90 Å². The molecule has 31 heavy (non-hydrogen) atoms. The third-order valence-corrected chi connectivity index (χ3v) is 8.56. The van der Waals surface area contributed by atoms with Crippen LogP contribution in [0.2, 0.25) is 0 Å². The van der Waals surface area contributed by atoms with Crippen LogP contribution >= 0.6 is 11.3 Å². The minimum absolute atomic E-state index is 0.0276. The molecule has 8 heteroatoms. The van der Waals surface area contributed by atoms with Gasteiger partial charge in [0.25, 0.3) is 11.5 Å².